The first-order valence-corrected chi connectivity index (χ1v) is 16.0. The fraction of sp³-hybridized carbons (Fsp3) is 0.467. The van der Waals surface area contributed by atoms with Crippen LogP contribution in [0.15, 0.2) is 41.3 Å². The van der Waals surface area contributed by atoms with Crippen molar-refractivity contribution in [3.63, 3.8) is 0 Å². The van der Waals surface area contributed by atoms with Crippen LogP contribution in [0.1, 0.15) is 47.8 Å². The number of piperidine rings is 1. The van der Waals surface area contributed by atoms with Crippen LogP contribution in [0.2, 0.25) is 0 Å². The first-order chi connectivity index (χ1) is 20.1. The molecule has 0 unspecified atom stereocenters. The first kappa shape index (κ1) is 29.6. The number of rotatable bonds is 10. The molecule has 5 rings (SSSR count). The Labute approximate surface area is 246 Å². The number of carboxylic acids is 1. The summed E-state index contributed by atoms with van der Waals surface area (Å²) in [6.07, 6.45) is 4.10. The normalized spacial score (nSPS) is 16.3. The van der Waals surface area contributed by atoms with E-state index in [4.69, 9.17) is 14.7 Å². The number of pyridine rings is 1. The van der Waals surface area contributed by atoms with Crippen molar-refractivity contribution in [2.45, 2.75) is 50.3 Å². The lowest BCUT2D eigenvalue weighted by atomic mass is 9.92. The first-order valence-electron chi connectivity index (χ1n) is 14.3. The Balaban J connectivity index is 1.25. The standard InChI is InChI=1S/C30H38N6O5S/c1-19-27(32-17-23(30(37)38)18-42(39,40)25-9-7-24(41-3)8-10-25)33-20(2)34-29(19)36-15-12-21(13-16-36)26-11-6-22-5-4-14-31-28(22)35-26/h6-11,21,23H,4-5,12-18H2,1-3H3,(H,31,35)(H,37,38)(H,32,33,34)/t23-/m1/s1. The van der Waals surface area contributed by atoms with Gasteiger partial charge in [-0.1, -0.05) is 6.07 Å². The van der Waals surface area contributed by atoms with E-state index in [2.05, 4.69) is 32.7 Å². The third kappa shape index (κ3) is 6.59. The summed E-state index contributed by atoms with van der Waals surface area (Å²) in [7, 11) is -2.35. The van der Waals surface area contributed by atoms with E-state index in [1.54, 1.807) is 19.1 Å². The summed E-state index contributed by atoms with van der Waals surface area (Å²) in [5.41, 5.74) is 3.22. The molecule has 0 bridgehead atoms. The Morgan fingerprint density at radius 1 is 1.12 bits per heavy atom. The molecule has 1 atom stereocenters. The number of hydrogen-bond acceptors (Lipinski definition) is 10. The van der Waals surface area contributed by atoms with Crippen LogP contribution in [0.25, 0.3) is 0 Å². The van der Waals surface area contributed by atoms with Gasteiger partial charge in [0.25, 0.3) is 0 Å². The lowest BCUT2D eigenvalue weighted by Gasteiger charge is -2.34. The molecule has 3 N–H and O–H groups in total. The van der Waals surface area contributed by atoms with Gasteiger partial charge in [-0.05, 0) is 75.4 Å². The number of benzene rings is 1. The molecule has 0 amide bonds. The maximum Gasteiger partial charge on any atom is 0.309 e. The maximum atomic E-state index is 13.0. The zero-order valence-corrected chi connectivity index (χ0v) is 25.1. The second-order valence-electron chi connectivity index (χ2n) is 11.0. The highest BCUT2D eigenvalue weighted by atomic mass is 32.2. The highest BCUT2D eigenvalue weighted by molar-refractivity contribution is 7.91. The molecule has 2 aliphatic heterocycles. The molecule has 12 heteroatoms. The van der Waals surface area contributed by atoms with E-state index < -0.39 is 27.5 Å². The van der Waals surface area contributed by atoms with Crippen LogP contribution >= 0.6 is 0 Å². The smallest absolute Gasteiger partial charge is 0.309 e. The van der Waals surface area contributed by atoms with E-state index in [1.807, 2.05) is 6.92 Å². The molecule has 1 fully saturated rings. The highest BCUT2D eigenvalue weighted by Gasteiger charge is 2.29. The number of hydrogen-bond donors (Lipinski definition) is 3. The number of aromatic nitrogens is 3. The molecule has 1 saturated heterocycles. The van der Waals surface area contributed by atoms with Gasteiger partial charge in [0, 0.05) is 43.4 Å². The summed E-state index contributed by atoms with van der Waals surface area (Å²) in [4.78, 5) is 28.5. The molecule has 0 radical (unpaired) electrons. The van der Waals surface area contributed by atoms with E-state index in [1.165, 1.54) is 24.8 Å². The summed E-state index contributed by atoms with van der Waals surface area (Å²) < 4.78 is 31.0. The van der Waals surface area contributed by atoms with Crippen LogP contribution < -0.4 is 20.3 Å². The third-order valence-corrected chi connectivity index (χ3v) is 9.90. The van der Waals surface area contributed by atoms with Gasteiger partial charge in [-0.3, -0.25) is 4.79 Å². The average Bonchev–Trinajstić information content (AvgIpc) is 3.00. The number of ether oxygens (including phenoxy) is 1. The Hall–Kier alpha value is -3.93. The summed E-state index contributed by atoms with van der Waals surface area (Å²) in [5.74, 6) is 0.873. The fourth-order valence-corrected chi connectivity index (χ4v) is 7.17. The van der Waals surface area contributed by atoms with Gasteiger partial charge in [0.1, 0.15) is 29.0 Å². The zero-order valence-electron chi connectivity index (χ0n) is 24.3. The predicted molar refractivity (Wildman–Crippen MR) is 161 cm³/mol. The molecular weight excluding hydrogens is 556 g/mol. The molecule has 224 valence electrons. The monoisotopic (exact) mass is 594 g/mol. The Morgan fingerprint density at radius 2 is 1.86 bits per heavy atom. The van der Waals surface area contributed by atoms with Crippen LogP contribution in [0.4, 0.5) is 17.5 Å². The summed E-state index contributed by atoms with van der Waals surface area (Å²) in [6, 6.07) is 10.3. The van der Waals surface area contributed by atoms with Crippen molar-refractivity contribution in [1.82, 2.24) is 15.0 Å². The van der Waals surface area contributed by atoms with E-state index >= 15 is 0 Å². The Bertz CT molecular complexity index is 1540. The summed E-state index contributed by atoms with van der Waals surface area (Å²) in [6.45, 7) is 6.20. The van der Waals surface area contributed by atoms with Crippen molar-refractivity contribution in [2.75, 3.05) is 54.6 Å². The topological polar surface area (TPSA) is 147 Å². The Morgan fingerprint density at radius 3 is 2.55 bits per heavy atom. The molecule has 0 spiro atoms. The number of nitrogens with one attached hydrogen (secondary N) is 2. The molecule has 11 nitrogen and oxygen atoms in total. The number of nitrogens with zero attached hydrogens (tertiary/aromatic N) is 4. The fourth-order valence-electron chi connectivity index (χ4n) is 5.63. The quantitative estimate of drug-likeness (QED) is 0.315. The van der Waals surface area contributed by atoms with Crippen LogP contribution in [0.3, 0.4) is 0 Å². The lowest BCUT2D eigenvalue weighted by Crippen LogP contribution is -2.35. The van der Waals surface area contributed by atoms with Crippen LogP contribution in [0, 0.1) is 19.8 Å². The second-order valence-corrected chi connectivity index (χ2v) is 13.0. The number of methoxy groups -OCH3 is 1. The number of aryl methyl sites for hydroxylation is 2. The van der Waals surface area contributed by atoms with Crippen molar-refractivity contribution < 1.29 is 23.1 Å². The van der Waals surface area contributed by atoms with E-state index in [-0.39, 0.29) is 11.4 Å². The Kier molecular flexibility index (Phi) is 8.81. The van der Waals surface area contributed by atoms with Gasteiger partial charge in [0.15, 0.2) is 9.84 Å². The summed E-state index contributed by atoms with van der Waals surface area (Å²) in [5, 5.41) is 16.4. The van der Waals surface area contributed by atoms with Crippen molar-refractivity contribution >= 4 is 33.3 Å². The molecule has 0 saturated carbocycles. The summed E-state index contributed by atoms with van der Waals surface area (Å²) >= 11 is 0. The number of anilines is 3. The van der Waals surface area contributed by atoms with Crippen molar-refractivity contribution in [3.05, 3.63) is 59.0 Å². The van der Waals surface area contributed by atoms with Crippen molar-refractivity contribution in [3.8, 4) is 5.75 Å². The number of carbonyl (C=O) groups is 1. The second kappa shape index (κ2) is 12.5. The van der Waals surface area contributed by atoms with Crippen molar-refractivity contribution in [1.29, 1.82) is 0 Å². The van der Waals surface area contributed by atoms with Crippen molar-refractivity contribution in [2.24, 2.45) is 5.92 Å². The number of sulfone groups is 1. The zero-order chi connectivity index (χ0) is 29.9. The minimum Gasteiger partial charge on any atom is -0.497 e. The van der Waals surface area contributed by atoms with E-state index in [0.717, 1.165) is 68.2 Å². The average molecular weight is 595 g/mol. The highest BCUT2D eigenvalue weighted by Crippen LogP contribution is 2.33. The molecule has 2 aromatic heterocycles. The van der Waals surface area contributed by atoms with Gasteiger partial charge in [0.2, 0.25) is 0 Å². The van der Waals surface area contributed by atoms with Gasteiger partial charge in [-0.2, -0.15) is 0 Å². The predicted octanol–water partition coefficient (Wildman–Crippen LogP) is 3.83. The maximum absolute atomic E-state index is 13.0. The number of aliphatic carboxylic acids is 1. The molecule has 1 aromatic carbocycles. The molecule has 42 heavy (non-hydrogen) atoms. The van der Waals surface area contributed by atoms with Gasteiger partial charge in [-0.15, -0.1) is 0 Å². The van der Waals surface area contributed by atoms with Gasteiger partial charge < -0.3 is 25.4 Å². The van der Waals surface area contributed by atoms with E-state index in [9.17, 15) is 18.3 Å². The van der Waals surface area contributed by atoms with Gasteiger partial charge >= 0.3 is 5.97 Å². The number of carboxylic acid groups (broad SMARTS) is 1. The lowest BCUT2D eigenvalue weighted by molar-refractivity contribution is -0.140. The van der Waals surface area contributed by atoms with Crippen LogP contribution in [0.5, 0.6) is 5.75 Å². The van der Waals surface area contributed by atoms with E-state index in [0.29, 0.717) is 23.3 Å². The molecule has 0 aliphatic carbocycles. The van der Waals surface area contributed by atoms with Gasteiger partial charge in [0.05, 0.1) is 23.7 Å². The molecular formula is C30H38N6O5S. The molecule has 2 aliphatic rings. The van der Waals surface area contributed by atoms with Crippen LogP contribution in [-0.2, 0) is 21.1 Å². The third-order valence-electron chi connectivity index (χ3n) is 8.06. The minimum atomic E-state index is -3.84. The number of fused-ring (bicyclic) bond motifs is 1. The molecule has 3 aromatic rings. The SMILES string of the molecule is COc1ccc(S(=O)(=O)C[C@@H](CNc2nc(C)nc(N3CCC(c4ccc5c(n4)NCCC5)CC3)c2C)C(=O)O)cc1. The van der Waals surface area contributed by atoms with Gasteiger partial charge in [-0.25, -0.2) is 23.4 Å². The molecule has 4 heterocycles. The van der Waals surface area contributed by atoms with Crippen LogP contribution in [-0.4, -0.2) is 73.5 Å². The minimum absolute atomic E-state index is 0.0520. The largest absolute Gasteiger partial charge is 0.497 e.